The van der Waals surface area contributed by atoms with Crippen LogP contribution in [0.1, 0.15) is 18.1 Å². The molecule has 5 heterocycles. The van der Waals surface area contributed by atoms with Gasteiger partial charge in [-0.1, -0.05) is 6.92 Å². The molecule has 0 radical (unpaired) electrons. The molecule has 3 aliphatic rings. The SMILES string of the molecule is CC1(COc2ccc3c(c2)[C@]2(COC(N)=N2)c2cc(-c4cncnc4)cnc2O3)COC1. The second-order valence-electron chi connectivity index (χ2n) is 8.66. The van der Waals surface area contributed by atoms with Gasteiger partial charge in [-0.05, 0) is 24.3 Å². The smallest absolute Gasteiger partial charge is 0.283 e. The first kappa shape index (κ1) is 19.0. The van der Waals surface area contributed by atoms with Gasteiger partial charge in [-0.3, -0.25) is 0 Å². The van der Waals surface area contributed by atoms with Crippen LogP contribution in [0.5, 0.6) is 17.4 Å². The zero-order chi connectivity index (χ0) is 21.8. The summed E-state index contributed by atoms with van der Waals surface area (Å²) >= 11 is 0. The molecular formula is C23H21N5O4. The van der Waals surface area contributed by atoms with Crippen molar-refractivity contribution in [2.45, 2.75) is 12.5 Å². The molecule has 3 aliphatic heterocycles. The van der Waals surface area contributed by atoms with Gasteiger partial charge < -0.3 is 24.7 Å². The summed E-state index contributed by atoms with van der Waals surface area (Å²) in [5.74, 6) is 1.84. The Hall–Kier alpha value is -3.72. The van der Waals surface area contributed by atoms with Crippen LogP contribution in [0.15, 0.2) is 54.2 Å². The molecule has 1 saturated heterocycles. The molecule has 0 aliphatic carbocycles. The van der Waals surface area contributed by atoms with Gasteiger partial charge in [-0.2, -0.15) is 0 Å². The molecule has 0 amide bonds. The summed E-state index contributed by atoms with van der Waals surface area (Å²) in [6, 6.07) is 7.82. The largest absolute Gasteiger partial charge is 0.493 e. The van der Waals surface area contributed by atoms with Gasteiger partial charge in [0.15, 0.2) is 5.54 Å². The summed E-state index contributed by atoms with van der Waals surface area (Å²) in [6.07, 6.45) is 6.70. The fourth-order valence-electron chi connectivity index (χ4n) is 4.19. The van der Waals surface area contributed by atoms with E-state index in [0.717, 1.165) is 28.0 Å². The van der Waals surface area contributed by atoms with E-state index in [1.807, 2.05) is 24.3 Å². The number of nitrogens with zero attached hydrogens (tertiary/aromatic N) is 4. The number of rotatable bonds is 4. The van der Waals surface area contributed by atoms with E-state index in [4.69, 9.17) is 29.7 Å². The van der Waals surface area contributed by atoms with Crippen molar-refractivity contribution in [3.05, 3.63) is 60.3 Å². The first-order chi connectivity index (χ1) is 15.5. The van der Waals surface area contributed by atoms with Crippen LogP contribution in [0.3, 0.4) is 0 Å². The van der Waals surface area contributed by atoms with Crippen molar-refractivity contribution in [3.63, 3.8) is 0 Å². The van der Waals surface area contributed by atoms with Crippen LogP contribution in [0.2, 0.25) is 0 Å². The highest BCUT2D eigenvalue weighted by Crippen LogP contribution is 2.51. The number of aromatic nitrogens is 3. The van der Waals surface area contributed by atoms with Crippen molar-refractivity contribution >= 4 is 6.02 Å². The van der Waals surface area contributed by atoms with Gasteiger partial charge in [0, 0.05) is 40.7 Å². The third-order valence-electron chi connectivity index (χ3n) is 6.01. The average molecular weight is 431 g/mol. The molecule has 9 nitrogen and oxygen atoms in total. The van der Waals surface area contributed by atoms with Crippen molar-refractivity contribution < 1.29 is 18.9 Å². The Morgan fingerprint density at radius 1 is 1.03 bits per heavy atom. The van der Waals surface area contributed by atoms with Gasteiger partial charge >= 0.3 is 0 Å². The molecule has 0 unspecified atom stereocenters. The summed E-state index contributed by atoms with van der Waals surface area (Å²) in [7, 11) is 0. The van der Waals surface area contributed by atoms with E-state index >= 15 is 0 Å². The van der Waals surface area contributed by atoms with Crippen LogP contribution in [0, 0.1) is 5.41 Å². The first-order valence-corrected chi connectivity index (χ1v) is 10.3. The Kier molecular flexibility index (Phi) is 4.09. The third kappa shape index (κ3) is 2.96. The zero-order valence-electron chi connectivity index (χ0n) is 17.4. The predicted octanol–water partition coefficient (Wildman–Crippen LogP) is 2.65. The standard InChI is InChI=1S/C23H21N5O4/c1-22(9-29-10-22)11-30-16-2-3-19-17(5-16)23(12-31-21(24)28-23)18-4-14(8-27-20(18)32-19)15-6-25-13-26-7-15/h2-8,13H,9-12H2,1H3,(H2,24,28)/t23-/m1/s1. The fraction of sp³-hybridized carbons (Fsp3) is 0.304. The van der Waals surface area contributed by atoms with Gasteiger partial charge in [-0.15, -0.1) is 0 Å². The molecule has 1 fully saturated rings. The quantitative estimate of drug-likeness (QED) is 0.671. The summed E-state index contributed by atoms with van der Waals surface area (Å²) in [5.41, 5.74) is 8.41. The molecule has 0 bridgehead atoms. The Morgan fingerprint density at radius 3 is 2.59 bits per heavy atom. The lowest BCUT2D eigenvalue weighted by molar-refractivity contribution is -0.120. The van der Waals surface area contributed by atoms with Gasteiger partial charge in [-0.25, -0.2) is 19.9 Å². The Balaban J connectivity index is 1.43. The first-order valence-electron chi connectivity index (χ1n) is 10.3. The zero-order valence-corrected chi connectivity index (χ0v) is 17.4. The van der Waals surface area contributed by atoms with Crippen LogP contribution < -0.4 is 15.2 Å². The van der Waals surface area contributed by atoms with Gasteiger partial charge in [0.25, 0.3) is 6.02 Å². The molecule has 1 atom stereocenters. The molecule has 162 valence electrons. The number of benzene rings is 1. The number of pyridine rings is 1. The van der Waals surface area contributed by atoms with E-state index in [1.165, 1.54) is 6.33 Å². The monoisotopic (exact) mass is 431 g/mol. The van der Waals surface area contributed by atoms with E-state index < -0.39 is 5.54 Å². The van der Waals surface area contributed by atoms with Crippen LogP contribution in [-0.2, 0) is 15.0 Å². The Labute approximate surface area is 184 Å². The van der Waals surface area contributed by atoms with Crippen LogP contribution in [-0.4, -0.2) is 47.4 Å². The molecule has 2 N–H and O–H groups in total. The van der Waals surface area contributed by atoms with Crippen LogP contribution in [0.25, 0.3) is 11.1 Å². The second-order valence-corrected chi connectivity index (χ2v) is 8.66. The van der Waals surface area contributed by atoms with Gasteiger partial charge in [0.2, 0.25) is 5.88 Å². The lowest BCUT2D eigenvalue weighted by Crippen LogP contribution is -2.44. The predicted molar refractivity (Wildman–Crippen MR) is 115 cm³/mol. The normalized spacial score (nSPS) is 22.1. The molecular weight excluding hydrogens is 410 g/mol. The summed E-state index contributed by atoms with van der Waals surface area (Å²) in [4.78, 5) is 17.5. The van der Waals surface area contributed by atoms with Gasteiger partial charge in [0.1, 0.15) is 24.4 Å². The number of ether oxygens (including phenoxy) is 4. The van der Waals surface area contributed by atoms with Crippen molar-refractivity contribution in [3.8, 4) is 28.5 Å². The minimum atomic E-state index is -0.880. The highest BCUT2D eigenvalue weighted by atomic mass is 16.5. The Bertz CT molecular complexity index is 1230. The lowest BCUT2D eigenvalue weighted by atomic mass is 9.81. The fourth-order valence-corrected chi connectivity index (χ4v) is 4.19. The molecule has 1 aromatic carbocycles. The number of aliphatic imine (C=N–C) groups is 1. The van der Waals surface area contributed by atoms with Crippen molar-refractivity contribution in [2.75, 3.05) is 26.4 Å². The van der Waals surface area contributed by atoms with E-state index in [-0.39, 0.29) is 18.0 Å². The maximum atomic E-state index is 6.14. The maximum Gasteiger partial charge on any atom is 0.283 e. The highest BCUT2D eigenvalue weighted by Gasteiger charge is 2.48. The molecule has 6 rings (SSSR count). The molecule has 3 aromatic rings. The topological polar surface area (TPSA) is 114 Å². The lowest BCUT2D eigenvalue weighted by Gasteiger charge is -2.37. The van der Waals surface area contributed by atoms with Gasteiger partial charge in [0.05, 0.1) is 25.4 Å². The van der Waals surface area contributed by atoms with E-state index in [0.29, 0.717) is 31.5 Å². The van der Waals surface area contributed by atoms with E-state index in [2.05, 4.69) is 21.9 Å². The molecule has 32 heavy (non-hydrogen) atoms. The third-order valence-corrected chi connectivity index (χ3v) is 6.01. The number of fused-ring (bicyclic) bond motifs is 4. The van der Waals surface area contributed by atoms with Crippen LogP contribution >= 0.6 is 0 Å². The number of nitrogens with two attached hydrogens (primary N) is 1. The molecule has 2 aromatic heterocycles. The van der Waals surface area contributed by atoms with Crippen molar-refractivity contribution in [1.29, 1.82) is 0 Å². The molecule has 1 spiro atoms. The number of amidine groups is 1. The Morgan fingerprint density at radius 2 is 1.88 bits per heavy atom. The molecule has 0 saturated carbocycles. The van der Waals surface area contributed by atoms with Crippen molar-refractivity contribution in [1.82, 2.24) is 15.0 Å². The van der Waals surface area contributed by atoms with E-state index in [1.54, 1.807) is 18.6 Å². The molecule has 9 heteroatoms. The average Bonchev–Trinajstić information content (AvgIpc) is 3.19. The minimum Gasteiger partial charge on any atom is -0.493 e. The van der Waals surface area contributed by atoms with Crippen LogP contribution in [0.4, 0.5) is 0 Å². The van der Waals surface area contributed by atoms with E-state index in [9.17, 15) is 0 Å². The highest BCUT2D eigenvalue weighted by molar-refractivity contribution is 5.77. The maximum absolute atomic E-state index is 6.14. The number of hydrogen-bond donors (Lipinski definition) is 1. The van der Waals surface area contributed by atoms with Crippen molar-refractivity contribution in [2.24, 2.45) is 16.1 Å². The second kappa shape index (κ2) is 6.89. The summed E-state index contributed by atoms with van der Waals surface area (Å²) < 4.78 is 23.2. The summed E-state index contributed by atoms with van der Waals surface area (Å²) in [6.45, 7) is 4.35. The number of hydrogen-bond acceptors (Lipinski definition) is 9. The summed E-state index contributed by atoms with van der Waals surface area (Å²) in [5, 5.41) is 0. The minimum absolute atomic E-state index is 0.0340.